The molecule has 1 heterocycles. The van der Waals surface area contributed by atoms with Crippen molar-refractivity contribution >= 4 is 23.3 Å². The van der Waals surface area contributed by atoms with Gasteiger partial charge in [-0.1, -0.05) is 11.6 Å². The average molecular weight is 271 g/mol. The molecule has 0 fully saturated rings. The smallest absolute Gasteiger partial charge is 0.252 e. The first-order chi connectivity index (χ1) is 8.45. The Morgan fingerprint density at radius 2 is 2.22 bits per heavy atom. The average Bonchev–Trinajstić information content (AvgIpc) is 2.35. The van der Waals surface area contributed by atoms with Gasteiger partial charge in [-0.05, 0) is 27.1 Å². The Morgan fingerprint density at radius 3 is 2.72 bits per heavy atom. The van der Waals surface area contributed by atoms with Gasteiger partial charge in [-0.3, -0.25) is 4.79 Å². The van der Waals surface area contributed by atoms with E-state index in [9.17, 15) is 4.79 Å². The van der Waals surface area contributed by atoms with Gasteiger partial charge in [-0.25, -0.2) is 4.98 Å². The van der Waals surface area contributed by atoms with E-state index in [2.05, 4.69) is 15.6 Å². The molecule has 1 amide bonds. The van der Waals surface area contributed by atoms with E-state index in [-0.39, 0.29) is 11.9 Å². The molecule has 0 bridgehead atoms. The highest BCUT2D eigenvalue weighted by Gasteiger charge is 2.11. The molecule has 0 saturated heterocycles. The van der Waals surface area contributed by atoms with Crippen LogP contribution in [-0.4, -0.2) is 49.5 Å². The molecule has 1 unspecified atom stereocenters. The summed E-state index contributed by atoms with van der Waals surface area (Å²) in [5.41, 5.74) is 0.463. The van der Waals surface area contributed by atoms with Crippen molar-refractivity contribution in [1.82, 2.24) is 15.2 Å². The second-order valence-corrected chi connectivity index (χ2v) is 4.73. The molecule has 0 aliphatic heterocycles. The van der Waals surface area contributed by atoms with Crippen LogP contribution in [0.4, 0.5) is 5.82 Å². The van der Waals surface area contributed by atoms with Crippen molar-refractivity contribution in [3.63, 3.8) is 0 Å². The van der Waals surface area contributed by atoms with Crippen molar-refractivity contribution in [3.8, 4) is 0 Å². The number of rotatable bonds is 5. The van der Waals surface area contributed by atoms with Crippen molar-refractivity contribution < 1.29 is 4.79 Å². The SMILES string of the molecule is CNc1ncc(C(=O)NCC(C)N(C)C)cc1Cl. The van der Waals surface area contributed by atoms with Gasteiger partial charge in [0, 0.05) is 25.8 Å². The standard InChI is InChI=1S/C12H19ClN4O/c1-8(17(3)4)6-16-12(18)9-5-10(13)11(14-2)15-7-9/h5,7-8H,6H2,1-4H3,(H,14,15)(H,16,18). The highest BCUT2D eigenvalue weighted by atomic mass is 35.5. The first-order valence-electron chi connectivity index (χ1n) is 5.73. The Balaban J connectivity index is 2.65. The molecule has 100 valence electrons. The largest absolute Gasteiger partial charge is 0.372 e. The fourth-order valence-corrected chi connectivity index (χ4v) is 1.53. The number of carbonyl (C=O) groups is 1. The fourth-order valence-electron chi connectivity index (χ4n) is 1.27. The van der Waals surface area contributed by atoms with Gasteiger partial charge in [0.1, 0.15) is 5.82 Å². The van der Waals surface area contributed by atoms with E-state index in [0.29, 0.717) is 22.9 Å². The summed E-state index contributed by atoms with van der Waals surface area (Å²) < 4.78 is 0. The van der Waals surface area contributed by atoms with Gasteiger partial charge < -0.3 is 15.5 Å². The van der Waals surface area contributed by atoms with Gasteiger partial charge in [-0.15, -0.1) is 0 Å². The third kappa shape index (κ3) is 3.85. The first-order valence-corrected chi connectivity index (χ1v) is 6.11. The molecule has 2 N–H and O–H groups in total. The van der Waals surface area contributed by atoms with E-state index in [1.165, 1.54) is 6.20 Å². The van der Waals surface area contributed by atoms with Gasteiger partial charge in [0.05, 0.1) is 10.6 Å². The third-order valence-corrected chi connectivity index (χ3v) is 3.07. The summed E-state index contributed by atoms with van der Waals surface area (Å²) in [5, 5.41) is 6.13. The Labute approximate surface area is 113 Å². The maximum absolute atomic E-state index is 11.9. The normalized spacial score (nSPS) is 12.3. The van der Waals surface area contributed by atoms with Crippen LogP contribution in [0.2, 0.25) is 5.02 Å². The summed E-state index contributed by atoms with van der Waals surface area (Å²) in [6, 6.07) is 1.88. The number of carbonyl (C=O) groups excluding carboxylic acids is 1. The number of hydrogen-bond acceptors (Lipinski definition) is 4. The molecule has 1 rings (SSSR count). The van der Waals surface area contributed by atoms with Gasteiger partial charge in [0.15, 0.2) is 0 Å². The third-order valence-electron chi connectivity index (χ3n) is 2.78. The molecule has 0 spiro atoms. The molecule has 18 heavy (non-hydrogen) atoms. The highest BCUT2D eigenvalue weighted by molar-refractivity contribution is 6.33. The number of likely N-dealkylation sites (N-methyl/N-ethyl adjacent to an activating group) is 1. The Kier molecular flexibility index (Phi) is 5.37. The summed E-state index contributed by atoms with van der Waals surface area (Å²) in [6.45, 7) is 2.62. The Hall–Kier alpha value is -1.33. The summed E-state index contributed by atoms with van der Waals surface area (Å²) in [7, 11) is 5.67. The number of anilines is 1. The van der Waals surface area contributed by atoms with E-state index < -0.39 is 0 Å². The van der Waals surface area contributed by atoms with Crippen molar-refractivity contribution in [2.45, 2.75) is 13.0 Å². The molecule has 1 aromatic heterocycles. The van der Waals surface area contributed by atoms with Crippen molar-refractivity contribution in [2.75, 3.05) is 33.0 Å². The van der Waals surface area contributed by atoms with Crippen LogP contribution >= 0.6 is 11.6 Å². The summed E-state index contributed by atoms with van der Waals surface area (Å²) >= 11 is 5.97. The first kappa shape index (κ1) is 14.7. The second-order valence-electron chi connectivity index (χ2n) is 4.33. The van der Waals surface area contributed by atoms with Gasteiger partial charge in [0.25, 0.3) is 5.91 Å². The maximum atomic E-state index is 11.9. The van der Waals surface area contributed by atoms with Crippen LogP contribution in [0.5, 0.6) is 0 Å². The second kappa shape index (κ2) is 6.56. The van der Waals surface area contributed by atoms with Crippen LogP contribution < -0.4 is 10.6 Å². The topological polar surface area (TPSA) is 57.3 Å². The minimum atomic E-state index is -0.166. The molecular formula is C12H19ClN4O. The lowest BCUT2D eigenvalue weighted by Crippen LogP contribution is -2.38. The molecule has 0 aliphatic rings. The molecule has 1 atom stereocenters. The predicted octanol–water partition coefficient (Wildman–Crippen LogP) is 1.46. The number of pyridine rings is 1. The number of halogens is 1. The van der Waals surface area contributed by atoms with Crippen LogP contribution in [0.25, 0.3) is 0 Å². The lowest BCUT2D eigenvalue weighted by molar-refractivity contribution is 0.0943. The van der Waals surface area contributed by atoms with Crippen molar-refractivity contribution in [3.05, 3.63) is 22.8 Å². The number of nitrogens with zero attached hydrogens (tertiary/aromatic N) is 2. The van der Waals surface area contributed by atoms with E-state index in [4.69, 9.17) is 11.6 Å². The van der Waals surface area contributed by atoms with Crippen molar-refractivity contribution in [2.24, 2.45) is 0 Å². The van der Waals surface area contributed by atoms with E-state index >= 15 is 0 Å². The quantitative estimate of drug-likeness (QED) is 0.851. The molecule has 5 nitrogen and oxygen atoms in total. The number of aromatic nitrogens is 1. The summed E-state index contributed by atoms with van der Waals surface area (Å²) in [5.74, 6) is 0.399. The summed E-state index contributed by atoms with van der Waals surface area (Å²) in [4.78, 5) is 18.0. The van der Waals surface area contributed by atoms with Crippen LogP contribution in [-0.2, 0) is 0 Å². The minimum absolute atomic E-state index is 0.166. The fraction of sp³-hybridized carbons (Fsp3) is 0.500. The lowest BCUT2D eigenvalue weighted by atomic mass is 10.2. The number of hydrogen-bond donors (Lipinski definition) is 2. The van der Waals surface area contributed by atoms with E-state index in [1.54, 1.807) is 13.1 Å². The molecule has 0 saturated carbocycles. The van der Waals surface area contributed by atoms with E-state index in [1.807, 2.05) is 25.9 Å². The lowest BCUT2D eigenvalue weighted by Gasteiger charge is -2.19. The van der Waals surface area contributed by atoms with Gasteiger partial charge in [-0.2, -0.15) is 0 Å². The molecule has 0 aliphatic carbocycles. The van der Waals surface area contributed by atoms with Gasteiger partial charge >= 0.3 is 0 Å². The summed E-state index contributed by atoms with van der Waals surface area (Å²) in [6.07, 6.45) is 1.51. The molecule has 0 aromatic carbocycles. The highest BCUT2D eigenvalue weighted by Crippen LogP contribution is 2.19. The Bertz CT molecular complexity index is 423. The van der Waals surface area contributed by atoms with Crippen LogP contribution in [0.3, 0.4) is 0 Å². The number of amides is 1. The maximum Gasteiger partial charge on any atom is 0.252 e. The molecule has 6 heteroatoms. The van der Waals surface area contributed by atoms with Crippen LogP contribution in [0.15, 0.2) is 12.3 Å². The van der Waals surface area contributed by atoms with E-state index in [0.717, 1.165) is 0 Å². The zero-order valence-electron chi connectivity index (χ0n) is 11.1. The van der Waals surface area contributed by atoms with Crippen molar-refractivity contribution in [1.29, 1.82) is 0 Å². The zero-order chi connectivity index (χ0) is 13.7. The van der Waals surface area contributed by atoms with Crippen LogP contribution in [0.1, 0.15) is 17.3 Å². The van der Waals surface area contributed by atoms with Gasteiger partial charge in [0.2, 0.25) is 0 Å². The Morgan fingerprint density at radius 1 is 1.56 bits per heavy atom. The number of nitrogens with one attached hydrogen (secondary N) is 2. The molecule has 1 aromatic rings. The monoisotopic (exact) mass is 270 g/mol. The van der Waals surface area contributed by atoms with Crippen LogP contribution in [0, 0.1) is 0 Å². The molecule has 0 radical (unpaired) electrons. The molecular weight excluding hydrogens is 252 g/mol. The predicted molar refractivity (Wildman–Crippen MR) is 74.3 cm³/mol. The minimum Gasteiger partial charge on any atom is -0.372 e. The zero-order valence-corrected chi connectivity index (χ0v) is 11.9.